The third kappa shape index (κ3) is 2.02. The van der Waals surface area contributed by atoms with Gasteiger partial charge in [0.1, 0.15) is 6.26 Å². The molecule has 0 atom stereocenters. The highest BCUT2D eigenvalue weighted by Crippen LogP contribution is 2.04. The van der Waals surface area contributed by atoms with Crippen LogP contribution in [0.15, 0.2) is 35.5 Å². The smallest absolute Gasteiger partial charge is 0.232 e. The summed E-state index contributed by atoms with van der Waals surface area (Å²) < 4.78 is 10.2. The molecule has 5 heteroatoms. The molecule has 0 fully saturated rings. The van der Waals surface area contributed by atoms with Crippen molar-refractivity contribution in [2.75, 3.05) is 0 Å². The normalized spacial score (nSPS) is 9.85. The van der Waals surface area contributed by atoms with E-state index in [-0.39, 0.29) is 6.61 Å². The minimum absolute atomic E-state index is 0.270. The molecule has 0 N–H and O–H groups in total. The van der Waals surface area contributed by atoms with Crippen LogP contribution in [0.5, 0.6) is 5.88 Å². The van der Waals surface area contributed by atoms with Crippen molar-refractivity contribution in [2.45, 2.75) is 6.61 Å². The number of aromatic nitrogens is 3. The Kier molecular flexibility index (Phi) is 2.18. The minimum atomic E-state index is 0.270. The van der Waals surface area contributed by atoms with Crippen LogP contribution in [-0.2, 0) is 6.61 Å². The molecule has 5 nitrogen and oxygen atoms in total. The van der Waals surface area contributed by atoms with Crippen LogP contribution in [0, 0.1) is 0 Å². The molecule has 0 aliphatic rings. The summed E-state index contributed by atoms with van der Waals surface area (Å²) in [5, 5.41) is 0. The van der Waals surface area contributed by atoms with E-state index in [1.165, 1.54) is 12.5 Å². The Morgan fingerprint density at radius 1 is 1.23 bits per heavy atom. The first-order chi connectivity index (χ1) is 6.45. The first-order valence-corrected chi connectivity index (χ1v) is 3.72. The molecule has 2 aromatic heterocycles. The molecular weight excluding hydrogens is 170 g/mol. The van der Waals surface area contributed by atoms with Crippen LogP contribution in [-0.4, -0.2) is 15.0 Å². The van der Waals surface area contributed by atoms with Crippen LogP contribution in [0.25, 0.3) is 0 Å². The second-order valence-electron chi connectivity index (χ2n) is 2.26. The Morgan fingerprint density at radius 2 is 2.23 bits per heavy atom. The zero-order chi connectivity index (χ0) is 8.93. The van der Waals surface area contributed by atoms with Gasteiger partial charge in [-0.1, -0.05) is 0 Å². The number of ether oxygens (including phenoxy) is 1. The van der Waals surface area contributed by atoms with Crippen molar-refractivity contribution < 1.29 is 9.15 Å². The van der Waals surface area contributed by atoms with E-state index in [1.54, 1.807) is 18.6 Å². The molecule has 66 valence electrons. The zero-order valence-electron chi connectivity index (χ0n) is 6.75. The molecule has 0 aliphatic carbocycles. The number of rotatable bonds is 3. The lowest BCUT2D eigenvalue weighted by Crippen LogP contribution is -1.97. The maximum atomic E-state index is 5.22. The van der Waals surface area contributed by atoms with Crippen molar-refractivity contribution in [1.29, 1.82) is 0 Å². The minimum Gasteiger partial charge on any atom is -0.467 e. The lowest BCUT2D eigenvalue weighted by atomic mass is 10.7. The topological polar surface area (TPSA) is 61.0 Å². The van der Waals surface area contributed by atoms with Gasteiger partial charge >= 0.3 is 0 Å². The summed E-state index contributed by atoms with van der Waals surface area (Å²) in [6.07, 6.45) is 7.73. The van der Waals surface area contributed by atoms with Gasteiger partial charge in [0.05, 0.1) is 12.4 Å². The predicted molar refractivity (Wildman–Crippen MR) is 42.9 cm³/mol. The van der Waals surface area contributed by atoms with Gasteiger partial charge in [-0.25, -0.2) is 9.97 Å². The number of nitrogens with zero attached hydrogens (tertiary/aromatic N) is 3. The number of oxazole rings is 1. The van der Waals surface area contributed by atoms with Crippen molar-refractivity contribution in [3.63, 3.8) is 0 Å². The van der Waals surface area contributed by atoms with E-state index in [9.17, 15) is 0 Å². The first kappa shape index (κ1) is 7.72. The van der Waals surface area contributed by atoms with Crippen molar-refractivity contribution in [1.82, 2.24) is 15.0 Å². The van der Waals surface area contributed by atoms with Gasteiger partial charge < -0.3 is 9.15 Å². The van der Waals surface area contributed by atoms with E-state index < -0.39 is 0 Å². The lowest BCUT2D eigenvalue weighted by Gasteiger charge is -1.99. The van der Waals surface area contributed by atoms with Gasteiger partial charge in [0, 0.05) is 12.4 Å². The second-order valence-corrected chi connectivity index (χ2v) is 2.26. The van der Waals surface area contributed by atoms with Crippen LogP contribution in [0.2, 0.25) is 0 Å². The standard InChI is InChI=1S/C8H7N3O2/c1-2-10-7(5-9-1)13-6-8-11-3-4-12-8/h1-5H,6H2. The van der Waals surface area contributed by atoms with Crippen molar-refractivity contribution in [3.8, 4) is 5.88 Å². The zero-order valence-corrected chi connectivity index (χ0v) is 6.75. The van der Waals surface area contributed by atoms with E-state index in [0.717, 1.165) is 0 Å². The Bertz CT molecular complexity index is 347. The summed E-state index contributed by atoms with van der Waals surface area (Å²) >= 11 is 0. The fraction of sp³-hybridized carbons (Fsp3) is 0.125. The fourth-order valence-corrected chi connectivity index (χ4v) is 0.820. The second kappa shape index (κ2) is 3.66. The molecule has 0 bridgehead atoms. The molecule has 2 heterocycles. The van der Waals surface area contributed by atoms with Crippen LogP contribution < -0.4 is 4.74 Å². The van der Waals surface area contributed by atoms with E-state index >= 15 is 0 Å². The quantitative estimate of drug-likeness (QED) is 0.701. The molecule has 13 heavy (non-hydrogen) atoms. The molecule has 0 saturated heterocycles. The maximum absolute atomic E-state index is 5.22. The third-order valence-corrected chi connectivity index (χ3v) is 1.37. The first-order valence-electron chi connectivity index (χ1n) is 3.72. The Balaban J connectivity index is 1.94. The predicted octanol–water partition coefficient (Wildman–Crippen LogP) is 1.04. The summed E-state index contributed by atoms with van der Waals surface area (Å²) in [5.41, 5.74) is 0. The summed E-state index contributed by atoms with van der Waals surface area (Å²) in [4.78, 5) is 11.7. The Hall–Kier alpha value is -1.91. The van der Waals surface area contributed by atoms with Crippen molar-refractivity contribution in [2.24, 2.45) is 0 Å². The van der Waals surface area contributed by atoms with E-state index in [4.69, 9.17) is 9.15 Å². The summed E-state index contributed by atoms with van der Waals surface area (Å²) in [6.45, 7) is 0.270. The number of hydrogen-bond acceptors (Lipinski definition) is 5. The average molecular weight is 177 g/mol. The molecule has 0 spiro atoms. The lowest BCUT2D eigenvalue weighted by molar-refractivity contribution is 0.252. The van der Waals surface area contributed by atoms with E-state index in [1.807, 2.05) is 0 Å². The molecule has 2 rings (SSSR count). The fourth-order valence-electron chi connectivity index (χ4n) is 0.820. The Labute approximate surface area is 74.4 Å². The van der Waals surface area contributed by atoms with Crippen LogP contribution >= 0.6 is 0 Å². The van der Waals surface area contributed by atoms with Gasteiger partial charge in [-0.2, -0.15) is 0 Å². The van der Waals surface area contributed by atoms with Gasteiger partial charge in [0.2, 0.25) is 11.8 Å². The maximum Gasteiger partial charge on any atom is 0.232 e. The van der Waals surface area contributed by atoms with E-state index in [0.29, 0.717) is 11.8 Å². The van der Waals surface area contributed by atoms with Gasteiger partial charge in [-0.05, 0) is 0 Å². The molecule has 0 amide bonds. The largest absolute Gasteiger partial charge is 0.467 e. The van der Waals surface area contributed by atoms with Crippen molar-refractivity contribution >= 4 is 0 Å². The van der Waals surface area contributed by atoms with Crippen molar-refractivity contribution in [3.05, 3.63) is 36.9 Å². The van der Waals surface area contributed by atoms with E-state index in [2.05, 4.69) is 15.0 Å². The average Bonchev–Trinajstić information content (AvgIpc) is 2.69. The highest BCUT2D eigenvalue weighted by molar-refractivity contribution is 5.01. The highest BCUT2D eigenvalue weighted by atomic mass is 16.5. The molecule has 0 unspecified atom stereocenters. The Morgan fingerprint density at radius 3 is 2.92 bits per heavy atom. The molecule has 2 aromatic rings. The van der Waals surface area contributed by atoms with Gasteiger partial charge in [0.15, 0.2) is 6.61 Å². The molecule has 0 aliphatic heterocycles. The summed E-state index contributed by atoms with van der Waals surface area (Å²) in [6, 6.07) is 0. The van der Waals surface area contributed by atoms with Gasteiger partial charge in [-0.15, -0.1) is 0 Å². The SMILES string of the molecule is c1cnc(OCc2ncco2)cn1. The van der Waals surface area contributed by atoms with Gasteiger partial charge in [0.25, 0.3) is 0 Å². The van der Waals surface area contributed by atoms with Gasteiger partial charge in [-0.3, -0.25) is 4.98 Å². The molecular formula is C8H7N3O2. The van der Waals surface area contributed by atoms with Crippen LogP contribution in [0.1, 0.15) is 5.89 Å². The third-order valence-electron chi connectivity index (χ3n) is 1.37. The molecule has 0 saturated carbocycles. The molecule has 0 radical (unpaired) electrons. The van der Waals surface area contributed by atoms with Crippen LogP contribution in [0.3, 0.4) is 0 Å². The van der Waals surface area contributed by atoms with Crippen LogP contribution in [0.4, 0.5) is 0 Å². The molecule has 0 aromatic carbocycles. The number of hydrogen-bond donors (Lipinski definition) is 0. The highest BCUT2D eigenvalue weighted by Gasteiger charge is 1.98. The monoisotopic (exact) mass is 177 g/mol. The summed E-state index contributed by atoms with van der Waals surface area (Å²) in [7, 11) is 0. The summed E-state index contributed by atoms with van der Waals surface area (Å²) in [5.74, 6) is 0.978.